The van der Waals surface area contributed by atoms with Crippen LogP contribution in [-0.2, 0) is 19.9 Å². The lowest BCUT2D eigenvalue weighted by molar-refractivity contribution is 0.300. The van der Waals surface area contributed by atoms with Gasteiger partial charge in [0.15, 0.2) is 0 Å². The van der Waals surface area contributed by atoms with Gasteiger partial charge in [-0.2, -0.15) is 0 Å². The van der Waals surface area contributed by atoms with E-state index in [2.05, 4.69) is 27.8 Å². The zero-order chi connectivity index (χ0) is 16.5. The third-order valence-electron chi connectivity index (χ3n) is 5.76. The fourth-order valence-electron chi connectivity index (χ4n) is 4.35. The molecule has 0 amide bonds. The van der Waals surface area contributed by atoms with E-state index < -0.39 is 0 Å². The number of phenolic OH excluding ortho intramolecular Hbond substituents is 1. The molecule has 2 aliphatic rings. The molecule has 5 nitrogen and oxygen atoms in total. The molecule has 1 atom stereocenters. The van der Waals surface area contributed by atoms with Crippen LogP contribution in [0.2, 0.25) is 0 Å². The zero-order valence-corrected chi connectivity index (χ0v) is 14.3. The first kappa shape index (κ1) is 15.6. The second-order valence-electron chi connectivity index (χ2n) is 7.35. The third-order valence-corrected chi connectivity index (χ3v) is 5.76. The first-order valence-electron chi connectivity index (χ1n) is 9.11. The molecule has 1 unspecified atom stereocenters. The van der Waals surface area contributed by atoms with Crippen LogP contribution in [0.25, 0.3) is 0 Å². The molecule has 1 fully saturated rings. The number of aromatic nitrogens is 3. The van der Waals surface area contributed by atoms with Crippen LogP contribution >= 0.6 is 0 Å². The molecule has 4 rings (SSSR count). The molecule has 1 aromatic carbocycles. The Morgan fingerprint density at radius 3 is 2.54 bits per heavy atom. The number of fused-ring (bicyclic) bond motifs is 1. The van der Waals surface area contributed by atoms with E-state index in [4.69, 9.17) is 0 Å². The lowest BCUT2D eigenvalue weighted by Gasteiger charge is -2.33. The monoisotopic (exact) mass is 326 g/mol. The number of nitrogens with one attached hydrogen (secondary N) is 1. The summed E-state index contributed by atoms with van der Waals surface area (Å²) in [6.07, 6.45) is 8.20. The number of hydrogen-bond acceptors (Lipinski definition) is 4. The smallest absolute Gasteiger partial charge is 0.115 e. The first-order valence-corrected chi connectivity index (χ1v) is 9.11. The normalized spacial score (nSPS) is 27.0. The van der Waals surface area contributed by atoms with Crippen molar-refractivity contribution in [1.82, 2.24) is 20.3 Å². The van der Waals surface area contributed by atoms with E-state index in [9.17, 15) is 5.11 Å². The largest absolute Gasteiger partial charge is 0.508 e. The minimum absolute atomic E-state index is 0.356. The standard InChI is InChI=1S/C19H26N4O/c1-23-19-11-8-16(12-18(19)21-22-23)20-15-6-2-13(3-7-15)14-4-9-17(24)10-5-14/h4-5,9-10,13,15-16,20,24H,2-3,6-8,11-12H2,1H3. The molecule has 0 radical (unpaired) electrons. The van der Waals surface area contributed by atoms with Crippen molar-refractivity contribution in [2.45, 2.75) is 62.9 Å². The number of rotatable bonds is 3. The molecule has 1 saturated carbocycles. The van der Waals surface area contributed by atoms with Crippen molar-refractivity contribution in [1.29, 1.82) is 0 Å². The Hall–Kier alpha value is -1.88. The predicted octanol–water partition coefficient (Wildman–Crippen LogP) is 2.69. The van der Waals surface area contributed by atoms with Gasteiger partial charge >= 0.3 is 0 Å². The Bertz CT molecular complexity index is 686. The Labute approximate surface area is 143 Å². The van der Waals surface area contributed by atoms with Crippen molar-refractivity contribution in [3.05, 3.63) is 41.2 Å². The highest BCUT2D eigenvalue weighted by molar-refractivity contribution is 5.28. The minimum atomic E-state index is 0.356. The molecule has 1 aromatic heterocycles. The number of aryl methyl sites for hydroxylation is 1. The maximum atomic E-state index is 9.43. The van der Waals surface area contributed by atoms with Crippen LogP contribution in [0.1, 0.15) is 55.0 Å². The van der Waals surface area contributed by atoms with E-state index in [1.165, 1.54) is 49.1 Å². The Morgan fingerprint density at radius 2 is 1.79 bits per heavy atom. The summed E-state index contributed by atoms with van der Waals surface area (Å²) in [4.78, 5) is 0. The average molecular weight is 326 g/mol. The van der Waals surface area contributed by atoms with Crippen molar-refractivity contribution >= 4 is 0 Å². The Balaban J connectivity index is 1.30. The lowest BCUT2D eigenvalue weighted by Crippen LogP contribution is -2.43. The highest BCUT2D eigenvalue weighted by Crippen LogP contribution is 2.34. The highest BCUT2D eigenvalue weighted by atomic mass is 16.3. The van der Waals surface area contributed by atoms with Crippen molar-refractivity contribution in [2.24, 2.45) is 7.05 Å². The Morgan fingerprint density at radius 1 is 1.04 bits per heavy atom. The molecule has 0 spiro atoms. The second kappa shape index (κ2) is 6.55. The second-order valence-corrected chi connectivity index (χ2v) is 7.35. The molecule has 24 heavy (non-hydrogen) atoms. The quantitative estimate of drug-likeness (QED) is 0.910. The molecular formula is C19H26N4O. The van der Waals surface area contributed by atoms with Gasteiger partial charge in [-0.1, -0.05) is 17.3 Å². The number of hydrogen-bond donors (Lipinski definition) is 2. The molecule has 0 bridgehead atoms. The van der Waals surface area contributed by atoms with Gasteiger partial charge in [0.2, 0.25) is 0 Å². The number of benzene rings is 1. The fourth-order valence-corrected chi connectivity index (χ4v) is 4.35. The van der Waals surface area contributed by atoms with Crippen LogP contribution in [0.3, 0.4) is 0 Å². The van der Waals surface area contributed by atoms with Gasteiger partial charge in [0, 0.05) is 25.6 Å². The summed E-state index contributed by atoms with van der Waals surface area (Å²) in [5.74, 6) is 0.997. The first-order chi connectivity index (χ1) is 11.7. The van der Waals surface area contributed by atoms with Crippen LogP contribution in [0, 0.1) is 0 Å². The average Bonchev–Trinajstić information content (AvgIpc) is 2.97. The molecule has 0 aliphatic heterocycles. The van der Waals surface area contributed by atoms with Gasteiger partial charge in [0.1, 0.15) is 5.75 Å². The van der Waals surface area contributed by atoms with Crippen LogP contribution in [-0.4, -0.2) is 32.2 Å². The van der Waals surface area contributed by atoms with Crippen molar-refractivity contribution in [3.8, 4) is 5.75 Å². The van der Waals surface area contributed by atoms with Gasteiger partial charge in [-0.3, -0.25) is 4.68 Å². The number of aromatic hydroxyl groups is 1. The summed E-state index contributed by atoms with van der Waals surface area (Å²) in [5, 5.41) is 21.8. The van der Waals surface area contributed by atoms with Gasteiger partial charge in [-0.05, 0) is 62.1 Å². The summed E-state index contributed by atoms with van der Waals surface area (Å²) in [6, 6.07) is 8.93. The van der Waals surface area contributed by atoms with Crippen LogP contribution in [0.4, 0.5) is 0 Å². The van der Waals surface area contributed by atoms with E-state index >= 15 is 0 Å². The number of nitrogens with zero attached hydrogens (tertiary/aromatic N) is 3. The molecule has 2 aromatic rings. The predicted molar refractivity (Wildman–Crippen MR) is 93.1 cm³/mol. The minimum Gasteiger partial charge on any atom is -0.508 e. The van der Waals surface area contributed by atoms with Gasteiger partial charge in [-0.15, -0.1) is 5.10 Å². The van der Waals surface area contributed by atoms with E-state index in [1.54, 1.807) is 12.1 Å². The molecule has 2 aliphatic carbocycles. The van der Waals surface area contributed by atoms with Crippen molar-refractivity contribution < 1.29 is 5.11 Å². The lowest BCUT2D eigenvalue weighted by atomic mass is 9.81. The summed E-state index contributed by atoms with van der Waals surface area (Å²) < 4.78 is 1.93. The highest BCUT2D eigenvalue weighted by Gasteiger charge is 2.27. The SMILES string of the molecule is Cn1nnc2c1CCC(NC1CCC(c3ccc(O)cc3)CC1)C2. The van der Waals surface area contributed by atoms with Crippen molar-refractivity contribution in [2.75, 3.05) is 0 Å². The molecule has 1 heterocycles. The molecular weight excluding hydrogens is 300 g/mol. The summed E-state index contributed by atoms with van der Waals surface area (Å²) in [7, 11) is 1.99. The molecule has 5 heteroatoms. The maximum absolute atomic E-state index is 9.43. The number of phenols is 1. The van der Waals surface area contributed by atoms with Gasteiger partial charge in [0.25, 0.3) is 0 Å². The van der Waals surface area contributed by atoms with Crippen LogP contribution in [0.15, 0.2) is 24.3 Å². The van der Waals surface area contributed by atoms with Gasteiger partial charge in [0.05, 0.1) is 11.4 Å². The van der Waals surface area contributed by atoms with Gasteiger partial charge < -0.3 is 10.4 Å². The third kappa shape index (κ3) is 3.18. The summed E-state index contributed by atoms with van der Waals surface area (Å²) in [6.45, 7) is 0. The van der Waals surface area contributed by atoms with Crippen LogP contribution in [0.5, 0.6) is 5.75 Å². The molecule has 128 valence electrons. The fraction of sp³-hybridized carbons (Fsp3) is 0.579. The molecule has 0 saturated heterocycles. The summed E-state index contributed by atoms with van der Waals surface area (Å²) in [5.41, 5.74) is 3.86. The topological polar surface area (TPSA) is 63.0 Å². The van der Waals surface area contributed by atoms with Crippen LogP contribution < -0.4 is 5.32 Å². The van der Waals surface area contributed by atoms with E-state index in [1.807, 2.05) is 11.7 Å². The Kier molecular flexibility index (Phi) is 4.27. The molecule has 2 N–H and O–H groups in total. The maximum Gasteiger partial charge on any atom is 0.115 e. The van der Waals surface area contributed by atoms with Gasteiger partial charge in [-0.25, -0.2) is 0 Å². The van der Waals surface area contributed by atoms with Crippen molar-refractivity contribution in [3.63, 3.8) is 0 Å². The zero-order valence-electron chi connectivity index (χ0n) is 14.3. The summed E-state index contributed by atoms with van der Waals surface area (Å²) >= 11 is 0. The van der Waals surface area contributed by atoms with E-state index in [0.29, 0.717) is 23.8 Å². The van der Waals surface area contributed by atoms with E-state index in [0.717, 1.165) is 12.8 Å². The van der Waals surface area contributed by atoms with E-state index in [-0.39, 0.29) is 0 Å².